The smallest absolute Gasteiger partial charge is 0.303 e. The van der Waals surface area contributed by atoms with Gasteiger partial charge in [0.1, 0.15) is 35.5 Å². The fraction of sp³-hybridized carbons (Fsp3) is 0.556. The van der Waals surface area contributed by atoms with Crippen LogP contribution in [0.2, 0.25) is 0 Å². The normalized spacial score (nSPS) is 11.8. The maximum atomic E-state index is 13.4. The minimum Gasteiger partial charge on any atom is -0.755 e. The monoisotopic (exact) mass is 1010 g/mol. The van der Waals surface area contributed by atoms with Gasteiger partial charge in [-0.2, -0.15) is 0 Å². The Labute approximate surface area is 407 Å². The number of amides is 1. The van der Waals surface area contributed by atoms with Crippen LogP contribution in [0, 0.1) is 0 Å². The molecule has 0 aliphatic heterocycles. The molecule has 0 radical (unpaired) electrons. The van der Waals surface area contributed by atoms with Crippen LogP contribution in [-0.2, 0) is 75.8 Å². The van der Waals surface area contributed by atoms with E-state index in [9.17, 15) is 62.4 Å². The molecular formula is C45H65N8O16S-. The van der Waals surface area contributed by atoms with Crippen molar-refractivity contribution in [3.63, 3.8) is 0 Å². The molecule has 2 heterocycles. The van der Waals surface area contributed by atoms with Gasteiger partial charge in [0.05, 0.1) is 26.2 Å². The summed E-state index contributed by atoms with van der Waals surface area (Å²) in [6.07, 6.45) is 7.47. The Morgan fingerprint density at radius 1 is 0.657 bits per heavy atom. The van der Waals surface area contributed by atoms with E-state index in [0.29, 0.717) is 81.3 Å². The summed E-state index contributed by atoms with van der Waals surface area (Å²) in [5, 5.41) is 51.1. The Morgan fingerprint density at radius 2 is 1.10 bits per heavy atom. The third-order valence-electron chi connectivity index (χ3n) is 11.2. The number of carboxylic acid groups (broad SMARTS) is 5. The molecule has 70 heavy (non-hydrogen) atoms. The second-order valence-electron chi connectivity index (χ2n) is 16.8. The lowest BCUT2D eigenvalue weighted by Gasteiger charge is -2.34. The molecule has 0 saturated carbocycles. The summed E-state index contributed by atoms with van der Waals surface area (Å²) in [6, 6.07) is 6.47. The standard InChI is InChI=1S/C33H45N7O11S.C12H21NO5/c1-24(41)20-39-17-14-34-27(39)21-38(16-2-3-19-51-26-6-4-25(5-7-26)37-52(49)50)22-28-35-15-18-40(28)23-29(42)36-33(11-8-30(43)44,12-9-31(45)46)13-10-32(47)48;1-9(14)3-6-12(13-2,7-4-10(15)16)8-5-11(17)18/h4-7,14-15,17-18,37H,2-3,8-13,16,19-23H2,1H3,(H,36,42)(H,43,44)(H,45,46)(H,47,48)(H,49,50);13H,3-8H2,1-2H3,(H,15,16)(H,17,18)/p-1. The van der Waals surface area contributed by atoms with E-state index in [1.54, 1.807) is 59.0 Å². The van der Waals surface area contributed by atoms with Crippen molar-refractivity contribution in [3.05, 3.63) is 60.7 Å². The number of rotatable bonds is 36. The maximum absolute atomic E-state index is 13.4. The van der Waals surface area contributed by atoms with E-state index in [-0.39, 0.29) is 63.3 Å². The Balaban J connectivity index is 0.000000787. The Kier molecular flexibility index (Phi) is 26.2. The number of imidazole rings is 2. The first-order chi connectivity index (χ1) is 33.0. The molecule has 1 amide bonds. The molecular weight excluding hydrogens is 941 g/mol. The molecule has 0 bridgehead atoms. The molecule has 24 nitrogen and oxygen atoms in total. The van der Waals surface area contributed by atoms with Gasteiger partial charge in [-0.1, -0.05) is 0 Å². The van der Waals surface area contributed by atoms with Crippen LogP contribution in [-0.4, -0.2) is 137 Å². The lowest BCUT2D eigenvalue weighted by Crippen LogP contribution is -2.50. The van der Waals surface area contributed by atoms with Gasteiger partial charge in [-0.3, -0.25) is 42.7 Å². The number of ketones is 2. The molecule has 388 valence electrons. The maximum Gasteiger partial charge on any atom is 0.303 e. The van der Waals surface area contributed by atoms with Crippen LogP contribution in [0.15, 0.2) is 49.1 Å². The number of ether oxygens (including phenoxy) is 1. The zero-order valence-electron chi connectivity index (χ0n) is 39.6. The highest BCUT2D eigenvalue weighted by Crippen LogP contribution is 2.27. The molecule has 1 atom stereocenters. The van der Waals surface area contributed by atoms with E-state index in [4.69, 9.17) is 14.9 Å². The van der Waals surface area contributed by atoms with Crippen LogP contribution < -0.4 is 20.1 Å². The molecule has 2 aromatic heterocycles. The van der Waals surface area contributed by atoms with E-state index < -0.39 is 77.4 Å². The molecule has 0 fully saturated rings. The molecule has 0 saturated heterocycles. The van der Waals surface area contributed by atoms with Crippen LogP contribution in [0.1, 0.15) is 115 Å². The lowest BCUT2D eigenvalue weighted by molar-refractivity contribution is -0.140. The van der Waals surface area contributed by atoms with Crippen molar-refractivity contribution in [2.75, 3.05) is 24.9 Å². The first kappa shape index (κ1) is 59.6. The van der Waals surface area contributed by atoms with Gasteiger partial charge in [-0.05, 0) is 103 Å². The Morgan fingerprint density at radius 3 is 1.51 bits per heavy atom. The Hall–Kier alpha value is -6.57. The first-order valence-corrected chi connectivity index (χ1v) is 23.5. The SMILES string of the molecule is CC(=O)Cn1ccnc1CN(CCCCOc1ccc(NS(=O)[O-])cc1)Cc1nccn1CC(=O)NC(CCC(=O)O)(CCC(=O)O)CCC(=O)O.CNC(CCC(C)=O)(CCC(=O)O)CCC(=O)O. The molecule has 0 aliphatic carbocycles. The fourth-order valence-corrected chi connectivity index (χ4v) is 7.75. The summed E-state index contributed by atoms with van der Waals surface area (Å²) in [4.78, 5) is 103. The van der Waals surface area contributed by atoms with Crippen LogP contribution >= 0.6 is 0 Å². The van der Waals surface area contributed by atoms with Crippen molar-refractivity contribution in [1.82, 2.24) is 34.6 Å². The largest absolute Gasteiger partial charge is 0.755 e. The summed E-state index contributed by atoms with van der Waals surface area (Å²) in [5.41, 5.74) is -1.56. The van der Waals surface area contributed by atoms with Gasteiger partial charge in [0, 0.05) is 91.3 Å². The van der Waals surface area contributed by atoms with Gasteiger partial charge in [-0.25, -0.2) is 9.97 Å². The van der Waals surface area contributed by atoms with E-state index in [1.165, 1.54) is 20.0 Å². The van der Waals surface area contributed by atoms with Crippen molar-refractivity contribution < 1.29 is 77.4 Å². The predicted molar refractivity (Wildman–Crippen MR) is 250 cm³/mol. The molecule has 1 aromatic carbocycles. The average molecular weight is 1010 g/mol. The minimum absolute atomic E-state index is 0.0141. The highest BCUT2D eigenvalue weighted by atomic mass is 32.2. The van der Waals surface area contributed by atoms with Gasteiger partial charge in [0.15, 0.2) is 0 Å². The van der Waals surface area contributed by atoms with Crippen LogP contribution in [0.3, 0.4) is 0 Å². The number of unbranched alkanes of at least 4 members (excludes halogenated alkanes) is 1. The number of Topliss-reactive ketones (excluding diaryl/α,β-unsaturated/α-hetero) is 2. The molecule has 0 aliphatic rings. The van der Waals surface area contributed by atoms with Gasteiger partial charge in [0.25, 0.3) is 0 Å². The van der Waals surface area contributed by atoms with Crippen molar-refractivity contribution in [1.29, 1.82) is 0 Å². The number of carboxylic acids is 5. The highest BCUT2D eigenvalue weighted by molar-refractivity contribution is 7.80. The van der Waals surface area contributed by atoms with Gasteiger partial charge in [0.2, 0.25) is 5.91 Å². The van der Waals surface area contributed by atoms with Crippen molar-refractivity contribution in [2.45, 2.75) is 141 Å². The van der Waals surface area contributed by atoms with Crippen LogP contribution in [0.4, 0.5) is 5.69 Å². The summed E-state index contributed by atoms with van der Waals surface area (Å²) in [5.74, 6) is -4.21. The number of aliphatic carboxylic acids is 5. The van der Waals surface area contributed by atoms with Crippen LogP contribution in [0.25, 0.3) is 0 Å². The lowest BCUT2D eigenvalue weighted by atomic mass is 9.83. The number of carbonyl (C=O) groups excluding carboxylic acids is 3. The Bertz CT molecular complexity index is 2120. The third-order valence-corrected chi connectivity index (χ3v) is 11.6. The second-order valence-corrected chi connectivity index (χ2v) is 17.5. The number of nitrogens with zero attached hydrogens (tertiary/aromatic N) is 5. The summed E-state index contributed by atoms with van der Waals surface area (Å²) >= 11 is -2.43. The van der Waals surface area contributed by atoms with Gasteiger partial charge >= 0.3 is 29.8 Å². The number of benzene rings is 1. The zero-order chi connectivity index (χ0) is 52.3. The average Bonchev–Trinajstić information content (AvgIpc) is 3.91. The number of carbonyl (C=O) groups is 8. The van der Waals surface area contributed by atoms with Crippen molar-refractivity contribution in [2.24, 2.45) is 0 Å². The molecule has 3 aromatic rings. The molecule has 25 heteroatoms. The second kappa shape index (κ2) is 30.8. The summed E-state index contributed by atoms with van der Waals surface area (Å²) in [6.45, 7) is 4.41. The van der Waals surface area contributed by atoms with Crippen LogP contribution in [0.5, 0.6) is 5.75 Å². The molecule has 0 spiro atoms. The first-order valence-electron chi connectivity index (χ1n) is 22.4. The number of nitrogens with one attached hydrogen (secondary N) is 3. The summed E-state index contributed by atoms with van der Waals surface area (Å²) < 4.78 is 33.1. The fourth-order valence-electron chi connectivity index (χ4n) is 7.42. The molecule has 8 N–H and O–H groups in total. The predicted octanol–water partition coefficient (Wildman–Crippen LogP) is 3.23. The van der Waals surface area contributed by atoms with Crippen molar-refractivity contribution in [3.8, 4) is 5.75 Å². The van der Waals surface area contributed by atoms with E-state index in [0.717, 1.165) is 0 Å². The minimum atomic E-state index is -2.43. The summed E-state index contributed by atoms with van der Waals surface area (Å²) in [7, 11) is 1.67. The number of anilines is 1. The number of hydrogen-bond donors (Lipinski definition) is 8. The van der Waals surface area contributed by atoms with E-state index in [2.05, 4.69) is 30.2 Å². The third kappa shape index (κ3) is 24.6. The zero-order valence-corrected chi connectivity index (χ0v) is 40.4. The molecule has 3 rings (SSSR count). The van der Waals surface area contributed by atoms with E-state index >= 15 is 0 Å². The number of aromatic nitrogens is 4. The van der Waals surface area contributed by atoms with E-state index in [1.807, 2.05) is 0 Å². The molecule has 1 unspecified atom stereocenters. The quantitative estimate of drug-likeness (QED) is 0.0306. The topological polar surface area (TPSA) is 362 Å². The highest BCUT2D eigenvalue weighted by Gasteiger charge is 2.34. The number of hydrogen-bond acceptors (Lipinski definition) is 15. The van der Waals surface area contributed by atoms with Gasteiger partial charge < -0.3 is 64.1 Å². The van der Waals surface area contributed by atoms with Crippen molar-refractivity contribution >= 4 is 64.3 Å². The van der Waals surface area contributed by atoms with Gasteiger partial charge in [-0.15, -0.1) is 0 Å².